The number of aromatic nitrogens is 2. The van der Waals surface area contributed by atoms with E-state index in [9.17, 15) is 23.1 Å². The molecule has 0 spiro atoms. The van der Waals surface area contributed by atoms with Crippen molar-refractivity contribution in [1.29, 1.82) is 0 Å². The van der Waals surface area contributed by atoms with Gasteiger partial charge in [0.1, 0.15) is 0 Å². The Balaban J connectivity index is 0.000000451. The van der Waals surface area contributed by atoms with Crippen LogP contribution in [0.1, 0.15) is 62.8 Å². The summed E-state index contributed by atoms with van der Waals surface area (Å²) in [4.78, 5) is 10.2. The Kier molecular flexibility index (Phi) is 7.93. The molecule has 0 bridgehead atoms. The molecule has 3 rings (SSSR count). The van der Waals surface area contributed by atoms with Crippen LogP contribution in [0.5, 0.6) is 0 Å². The van der Waals surface area contributed by atoms with E-state index in [2.05, 4.69) is 10.2 Å². The van der Waals surface area contributed by atoms with E-state index in [1.54, 1.807) is 12.4 Å². The summed E-state index contributed by atoms with van der Waals surface area (Å²) in [6, 6.07) is 5.42. The highest BCUT2D eigenvalue weighted by atomic mass is 32.2. The predicted octanol–water partition coefficient (Wildman–Crippen LogP) is 4.47. The first kappa shape index (κ1) is 21.0. The fraction of sp³-hybridized carbons (Fsp3) is 0.500. The summed E-state index contributed by atoms with van der Waals surface area (Å²) in [5, 5.41) is 17.2. The lowest BCUT2D eigenvalue weighted by atomic mass is 9.89. The number of non-ortho nitro benzene ring substituents is 1. The lowest BCUT2D eigenvalue weighted by molar-refractivity contribution is -0.385. The predicted molar refractivity (Wildman–Crippen MR) is 101 cm³/mol. The number of hydrogen-bond donors (Lipinski definition) is 2. The molecule has 1 saturated carbocycles. The zero-order chi connectivity index (χ0) is 19.7. The zero-order valence-electron chi connectivity index (χ0n) is 15.1. The average Bonchev–Trinajstić information content (AvgIpc) is 3.23. The van der Waals surface area contributed by atoms with Crippen LogP contribution in [0, 0.1) is 10.1 Å². The smallest absolute Gasteiger partial charge is 0.286 e. The summed E-state index contributed by atoms with van der Waals surface area (Å²) in [6.45, 7) is 0. The minimum absolute atomic E-state index is 0.0603. The highest BCUT2D eigenvalue weighted by Crippen LogP contribution is 2.35. The molecule has 9 heteroatoms. The molecule has 1 heterocycles. The summed E-state index contributed by atoms with van der Waals surface area (Å²) in [5.41, 5.74) is 0.251. The lowest BCUT2D eigenvalue weighted by Crippen LogP contribution is -2.09. The van der Waals surface area contributed by atoms with Crippen molar-refractivity contribution in [3.8, 4) is 0 Å². The van der Waals surface area contributed by atoms with Gasteiger partial charge in [-0.05, 0) is 36.5 Å². The molecular weight excluding hydrogens is 370 g/mol. The Morgan fingerprint density at radius 2 is 1.74 bits per heavy atom. The summed E-state index contributed by atoms with van der Waals surface area (Å²) < 4.78 is 32.6. The first-order valence-corrected chi connectivity index (χ1v) is 10.5. The topological polar surface area (TPSA) is 126 Å². The van der Waals surface area contributed by atoms with Crippen LogP contribution in [0.2, 0.25) is 0 Å². The van der Waals surface area contributed by atoms with Crippen LogP contribution in [0.3, 0.4) is 0 Å². The van der Waals surface area contributed by atoms with Gasteiger partial charge in [-0.15, -0.1) is 0 Å². The maximum atomic E-state index is 11.6. The molecule has 0 aliphatic heterocycles. The molecule has 1 aromatic heterocycles. The number of nitro groups is 1. The first-order valence-electron chi connectivity index (χ1n) is 9.09. The van der Waals surface area contributed by atoms with Gasteiger partial charge >= 0.3 is 0 Å². The third kappa shape index (κ3) is 6.76. The molecule has 0 radical (unpaired) electrons. The third-order valence-corrected chi connectivity index (χ3v) is 5.61. The summed E-state index contributed by atoms with van der Waals surface area (Å²) in [5.74, 6) is -0.0603. The van der Waals surface area contributed by atoms with Crippen molar-refractivity contribution in [1.82, 2.24) is 10.2 Å². The van der Waals surface area contributed by atoms with E-state index >= 15 is 0 Å². The van der Waals surface area contributed by atoms with Gasteiger partial charge in [0, 0.05) is 24.5 Å². The molecule has 0 amide bonds. The fourth-order valence-corrected chi connectivity index (χ4v) is 4.13. The molecule has 0 unspecified atom stereocenters. The Morgan fingerprint density at radius 1 is 1.11 bits per heavy atom. The van der Waals surface area contributed by atoms with Gasteiger partial charge in [0.05, 0.1) is 9.82 Å². The van der Waals surface area contributed by atoms with Gasteiger partial charge in [-0.2, -0.15) is 13.5 Å². The van der Waals surface area contributed by atoms with Gasteiger partial charge < -0.3 is 0 Å². The van der Waals surface area contributed by atoms with Gasteiger partial charge in [-0.3, -0.25) is 19.8 Å². The number of aromatic amines is 1. The first-order chi connectivity index (χ1) is 12.9. The number of H-pyrrole nitrogens is 1. The maximum Gasteiger partial charge on any atom is 0.294 e. The Morgan fingerprint density at radius 3 is 2.19 bits per heavy atom. The molecule has 0 atom stereocenters. The monoisotopic (exact) mass is 395 g/mol. The van der Waals surface area contributed by atoms with Crippen molar-refractivity contribution >= 4 is 15.8 Å². The molecule has 1 aliphatic rings. The Labute approximate surface area is 158 Å². The van der Waals surface area contributed by atoms with Crippen LogP contribution in [-0.2, 0) is 10.1 Å². The summed E-state index contributed by atoms with van der Waals surface area (Å²) >= 11 is 0. The number of nitrogens with zero attached hydrogens (tertiary/aromatic N) is 2. The molecule has 8 nitrogen and oxygen atoms in total. The van der Waals surface area contributed by atoms with Crippen LogP contribution >= 0.6 is 0 Å². The molecular formula is C18H25N3O5S. The number of nitro benzene ring substituents is 1. The Bertz CT molecular complexity index is 794. The number of benzene rings is 1. The van der Waals surface area contributed by atoms with Gasteiger partial charge in [0.25, 0.3) is 15.8 Å². The van der Waals surface area contributed by atoms with E-state index in [1.807, 2.05) is 6.07 Å². The summed E-state index contributed by atoms with van der Waals surface area (Å²) in [6.07, 6.45) is 11.5. The van der Waals surface area contributed by atoms with E-state index in [1.165, 1.54) is 18.9 Å². The fourth-order valence-electron chi connectivity index (χ4n) is 3.36. The quantitative estimate of drug-likeness (QED) is 0.448. The average molecular weight is 395 g/mol. The van der Waals surface area contributed by atoms with Crippen molar-refractivity contribution in [2.75, 3.05) is 0 Å². The van der Waals surface area contributed by atoms with E-state index in [4.69, 9.17) is 0 Å². The van der Waals surface area contributed by atoms with Gasteiger partial charge in [0.15, 0.2) is 0 Å². The van der Waals surface area contributed by atoms with Crippen LogP contribution in [0.25, 0.3) is 0 Å². The van der Waals surface area contributed by atoms with Crippen molar-refractivity contribution < 1.29 is 17.9 Å². The van der Waals surface area contributed by atoms with Crippen molar-refractivity contribution in [3.63, 3.8) is 0 Å². The van der Waals surface area contributed by atoms with Gasteiger partial charge in [0.2, 0.25) is 0 Å². The molecule has 2 aromatic rings. The minimum Gasteiger partial charge on any atom is -0.286 e. The molecule has 2 N–H and O–H groups in total. The second kappa shape index (κ2) is 10.2. The molecule has 1 fully saturated rings. The van der Waals surface area contributed by atoms with Crippen molar-refractivity contribution in [2.45, 2.75) is 62.2 Å². The molecule has 27 heavy (non-hydrogen) atoms. The van der Waals surface area contributed by atoms with E-state index in [-0.39, 0.29) is 16.5 Å². The van der Waals surface area contributed by atoms with Crippen LogP contribution in [0.15, 0.2) is 41.6 Å². The number of rotatable bonds is 3. The van der Waals surface area contributed by atoms with Crippen LogP contribution in [-0.4, -0.2) is 28.1 Å². The normalized spacial score (nSPS) is 16.3. The molecule has 1 aliphatic carbocycles. The highest BCUT2D eigenvalue weighted by Gasteiger charge is 2.25. The Hall–Kier alpha value is -2.26. The summed E-state index contributed by atoms with van der Waals surface area (Å²) in [7, 11) is -4.38. The van der Waals surface area contributed by atoms with E-state index < -0.39 is 15.0 Å². The number of hydrogen-bond acceptors (Lipinski definition) is 5. The zero-order valence-corrected chi connectivity index (χ0v) is 15.9. The molecule has 1 aromatic carbocycles. The third-order valence-electron chi connectivity index (χ3n) is 4.68. The van der Waals surface area contributed by atoms with Crippen molar-refractivity contribution in [3.05, 3.63) is 52.3 Å². The van der Waals surface area contributed by atoms with Crippen LogP contribution in [0.4, 0.5) is 5.69 Å². The standard InChI is InChI=1S/C15H21NO5S.C3H4N2/c17-16(18)13-9-10-15(22(19,20)21)14(11-13)12-7-5-3-1-2-4-6-8-12;1-2-4-5-3-1/h9-12H,1-8H2,(H,19,20,21);1-3H,(H,4,5). The van der Waals surface area contributed by atoms with E-state index in [0.717, 1.165) is 50.7 Å². The number of nitrogens with one attached hydrogen (secondary N) is 1. The lowest BCUT2D eigenvalue weighted by Gasteiger charge is -2.18. The second-order valence-corrected chi connectivity index (χ2v) is 8.01. The molecule has 0 saturated heterocycles. The van der Waals surface area contributed by atoms with Crippen molar-refractivity contribution in [2.24, 2.45) is 0 Å². The van der Waals surface area contributed by atoms with Crippen LogP contribution < -0.4 is 0 Å². The largest absolute Gasteiger partial charge is 0.294 e. The minimum atomic E-state index is -4.38. The molecule has 148 valence electrons. The van der Waals surface area contributed by atoms with Gasteiger partial charge in [-0.1, -0.05) is 38.5 Å². The van der Waals surface area contributed by atoms with Gasteiger partial charge in [-0.25, -0.2) is 0 Å². The SMILES string of the molecule is O=[N+]([O-])c1ccc(S(=O)(=O)O)c(C2CCCCCCCC2)c1.c1cn[nH]c1. The highest BCUT2D eigenvalue weighted by molar-refractivity contribution is 7.85. The second-order valence-electron chi connectivity index (χ2n) is 6.62. The van der Waals surface area contributed by atoms with E-state index in [0.29, 0.717) is 5.56 Å². The maximum absolute atomic E-state index is 11.6.